The predicted octanol–water partition coefficient (Wildman–Crippen LogP) is 4.06. The SMILES string of the molecule is CC(C)n1c(SCCOc2ccccc2[N+](=O)[O-])nc2ccccc2c1=O. The average Bonchev–Trinajstić information content (AvgIpc) is 2.65. The zero-order valence-electron chi connectivity index (χ0n) is 15.0. The van der Waals surface area contributed by atoms with Gasteiger partial charge in [-0.05, 0) is 32.0 Å². The first-order chi connectivity index (χ1) is 13.0. The predicted molar refractivity (Wildman–Crippen MR) is 106 cm³/mol. The molecule has 3 aromatic rings. The Labute approximate surface area is 160 Å². The fraction of sp³-hybridized carbons (Fsp3) is 0.263. The average molecular weight is 385 g/mol. The molecule has 0 fully saturated rings. The van der Waals surface area contributed by atoms with Crippen molar-refractivity contribution in [3.63, 3.8) is 0 Å². The van der Waals surface area contributed by atoms with Crippen molar-refractivity contribution in [1.82, 2.24) is 9.55 Å². The highest BCUT2D eigenvalue weighted by Gasteiger charge is 2.15. The van der Waals surface area contributed by atoms with Crippen LogP contribution in [0.1, 0.15) is 19.9 Å². The number of nitro groups is 1. The van der Waals surface area contributed by atoms with Crippen LogP contribution in [-0.2, 0) is 0 Å². The lowest BCUT2D eigenvalue weighted by Crippen LogP contribution is -2.25. The number of aromatic nitrogens is 2. The van der Waals surface area contributed by atoms with E-state index in [-0.39, 0.29) is 29.6 Å². The summed E-state index contributed by atoms with van der Waals surface area (Å²) in [5, 5.41) is 12.2. The maximum absolute atomic E-state index is 12.8. The molecule has 0 saturated heterocycles. The Morgan fingerprint density at radius 1 is 1.19 bits per heavy atom. The molecule has 2 aromatic carbocycles. The molecule has 1 aromatic heterocycles. The van der Waals surface area contributed by atoms with E-state index in [1.54, 1.807) is 28.8 Å². The van der Waals surface area contributed by atoms with E-state index in [4.69, 9.17) is 4.74 Å². The molecule has 0 bridgehead atoms. The summed E-state index contributed by atoms with van der Waals surface area (Å²) in [4.78, 5) is 27.9. The first kappa shape index (κ1) is 18.9. The number of para-hydroxylation sites is 3. The summed E-state index contributed by atoms with van der Waals surface area (Å²) in [6.45, 7) is 4.13. The highest BCUT2D eigenvalue weighted by molar-refractivity contribution is 7.99. The third-order valence-electron chi connectivity index (χ3n) is 3.93. The summed E-state index contributed by atoms with van der Waals surface area (Å²) in [7, 11) is 0. The van der Waals surface area contributed by atoms with E-state index >= 15 is 0 Å². The fourth-order valence-corrected chi connectivity index (χ4v) is 3.64. The summed E-state index contributed by atoms with van der Waals surface area (Å²) in [5.74, 6) is 0.736. The normalized spacial score (nSPS) is 11.1. The van der Waals surface area contributed by atoms with Gasteiger partial charge < -0.3 is 4.74 Å². The fourth-order valence-electron chi connectivity index (χ4n) is 2.70. The van der Waals surface area contributed by atoms with Crippen molar-refractivity contribution < 1.29 is 9.66 Å². The monoisotopic (exact) mass is 385 g/mol. The Hall–Kier alpha value is -2.87. The van der Waals surface area contributed by atoms with E-state index in [9.17, 15) is 14.9 Å². The molecule has 0 amide bonds. The smallest absolute Gasteiger partial charge is 0.310 e. The first-order valence-electron chi connectivity index (χ1n) is 8.49. The molecule has 140 valence electrons. The molecule has 8 heteroatoms. The zero-order chi connectivity index (χ0) is 19.4. The van der Waals surface area contributed by atoms with Crippen molar-refractivity contribution in [2.24, 2.45) is 0 Å². The van der Waals surface area contributed by atoms with E-state index in [1.165, 1.54) is 17.8 Å². The van der Waals surface area contributed by atoms with Gasteiger partial charge in [-0.2, -0.15) is 0 Å². The first-order valence-corrected chi connectivity index (χ1v) is 9.48. The molecule has 27 heavy (non-hydrogen) atoms. The van der Waals surface area contributed by atoms with Gasteiger partial charge in [-0.25, -0.2) is 4.98 Å². The van der Waals surface area contributed by atoms with Gasteiger partial charge in [0.25, 0.3) is 5.56 Å². The standard InChI is InChI=1S/C19H19N3O4S/c1-13(2)21-18(23)14-7-3-4-8-15(14)20-19(21)27-12-11-26-17-10-6-5-9-16(17)22(24)25/h3-10,13H,11-12H2,1-2H3. The van der Waals surface area contributed by atoms with Gasteiger partial charge in [0.05, 0.1) is 22.4 Å². The van der Waals surface area contributed by atoms with Crippen LogP contribution in [0.4, 0.5) is 5.69 Å². The van der Waals surface area contributed by atoms with Crippen LogP contribution >= 0.6 is 11.8 Å². The third kappa shape index (κ3) is 4.11. The summed E-state index contributed by atoms with van der Waals surface area (Å²) in [5.41, 5.74) is 0.518. The van der Waals surface area contributed by atoms with Gasteiger partial charge in [-0.1, -0.05) is 36.0 Å². The number of nitrogens with zero attached hydrogens (tertiary/aromatic N) is 3. The Bertz CT molecular complexity index is 1030. The molecule has 0 aliphatic heterocycles. The Morgan fingerprint density at radius 2 is 1.89 bits per heavy atom. The molecule has 0 atom stereocenters. The maximum atomic E-state index is 12.8. The molecule has 0 N–H and O–H groups in total. The lowest BCUT2D eigenvalue weighted by Gasteiger charge is -2.16. The molecule has 7 nitrogen and oxygen atoms in total. The van der Waals surface area contributed by atoms with Crippen LogP contribution in [0.3, 0.4) is 0 Å². The van der Waals surface area contributed by atoms with Crippen LogP contribution in [0.15, 0.2) is 58.5 Å². The highest BCUT2D eigenvalue weighted by Crippen LogP contribution is 2.26. The van der Waals surface area contributed by atoms with Crippen LogP contribution in [0.2, 0.25) is 0 Å². The van der Waals surface area contributed by atoms with Gasteiger partial charge in [-0.15, -0.1) is 0 Å². The minimum absolute atomic E-state index is 0.0340. The van der Waals surface area contributed by atoms with Gasteiger partial charge in [-0.3, -0.25) is 19.5 Å². The van der Waals surface area contributed by atoms with E-state index in [1.807, 2.05) is 32.0 Å². The lowest BCUT2D eigenvalue weighted by molar-refractivity contribution is -0.385. The van der Waals surface area contributed by atoms with Crippen LogP contribution < -0.4 is 10.3 Å². The van der Waals surface area contributed by atoms with E-state index in [2.05, 4.69) is 4.98 Å². The molecule has 0 aliphatic rings. The van der Waals surface area contributed by atoms with Crippen molar-refractivity contribution >= 4 is 28.4 Å². The molecular formula is C19H19N3O4S. The van der Waals surface area contributed by atoms with Crippen molar-refractivity contribution in [1.29, 1.82) is 0 Å². The highest BCUT2D eigenvalue weighted by atomic mass is 32.2. The van der Waals surface area contributed by atoms with Crippen LogP contribution in [0.5, 0.6) is 5.75 Å². The molecule has 0 unspecified atom stereocenters. The second kappa shape index (κ2) is 8.22. The minimum Gasteiger partial charge on any atom is -0.486 e. The second-order valence-corrected chi connectivity index (χ2v) is 7.16. The Morgan fingerprint density at radius 3 is 2.63 bits per heavy atom. The zero-order valence-corrected chi connectivity index (χ0v) is 15.8. The van der Waals surface area contributed by atoms with Crippen molar-refractivity contribution in [3.8, 4) is 5.75 Å². The topological polar surface area (TPSA) is 87.3 Å². The number of nitro benzene ring substituents is 1. The van der Waals surface area contributed by atoms with Crippen LogP contribution in [0.25, 0.3) is 10.9 Å². The molecule has 0 aliphatic carbocycles. The largest absolute Gasteiger partial charge is 0.486 e. The lowest BCUT2D eigenvalue weighted by atomic mass is 10.2. The number of benzene rings is 2. The van der Waals surface area contributed by atoms with Gasteiger partial charge in [0.15, 0.2) is 10.9 Å². The summed E-state index contributed by atoms with van der Waals surface area (Å²) in [6.07, 6.45) is 0. The molecule has 1 heterocycles. The quantitative estimate of drug-likeness (QED) is 0.200. The maximum Gasteiger partial charge on any atom is 0.310 e. The van der Waals surface area contributed by atoms with E-state index < -0.39 is 4.92 Å². The minimum atomic E-state index is -0.468. The third-order valence-corrected chi connectivity index (χ3v) is 4.84. The molecule has 0 spiro atoms. The number of ether oxygens (including phenoxy) is 1. The van der Waals surface area contributed by atoms with Gasteiger partial charge in [0.2, 0.25) is 0 Å². The summed E-state index contributed by atoms with van der Waals surface area (Å²) < 4.78 is 7.23. The van der Waals surface area contributed by atoms with Gasteiger partial charge in [0, 0.05) is 17.9 Å². The van der Waals surface area contributed by atoms with Crippen LogP contribution in [-0.4, -0.2) is 26.8 Å². The number of thioether (sulfide) groups is 1. The summed E-state index contributed by atoms with van der Waals surface area (Å²) >= 11 is 1.39. The Kier molecular flexibility index (Phi) is 5.75. The van der Waals surface area contributed by atoms with Gasteiger partial charge >= 0.3 is 5.69 Å². The number of hydrogen-bond donors (Lipinski definition) is 0. The van der Waals surface area contributed by atoms with Crippen LogP contribution in [0, 0.1) is 10.1 Å². The van der Waals surface area contributed by atoms with E-state index in [0.29, 0.717) is 21.8 Å². The Balaban J connectivity index is 1.77. The number of fused-ring (bicyclic) bond motifs is 1. The van der Waals surface area contributed by atoms with Crippen molar-refractivity contribution in [3.05, 3.63) is 69.0 Å². The van der Waals surface area contributed by atoms with Crippen molar-refractivity contribution in [2.75, 3.05) is 12.4 Å². The molecule has 0 saturated carbocycles. The van der Waals surface area contributed by atoms with E-state index in [0.717, 1.165) is 0 Å². The van der Waals surface area contributed by atoms with Crippen molar-refractivity contribution in [2.45, 2.75) is 25.0 Å². The molecule has 0 radical (unpaired) electrons. The molecule has 3 rings (SSSR count). The van der Waals surface area contributed by atoms with Gasteiger partial charge in [0.1, 0.15) is 0 Å². The molecular weight excluding hydrogens is 366 g/mol. The number of rotatable bonds is 7. The summed E-state index contributed by atoms with van der Waals surface area (Å²) in [6, 6.07) is 13.5. The number of hydrogen-bond acceptors (Lipinski definition) is 6. The second-order valence-electron chi connectivity index (χ2n) is 6.10.